The first-order valence-electron chi connectivity index (χ1n) is 11.5. The minimum Gasteiger partial charge on any atom is -0.328 e. The second-order valence-electron chi connectivity index (χ2n) is 10.2. The van der Waals surface area contributed by atoms with E-state index >= 15 is 0 Å². The Morgan fingerprint density at radius 2 is 1.79 bits per heavy atom. The highest BCUT2D eigenvalue weighted by molar-refractivity contribution is 7.98. The van der Waals surface area contributed by atoms with Crippen LogP contribution in [0.4, 0.5) is 5.95 Å². The molecule has 6 heteroatoms. The molecular formula is C27H30N4OS. The third-order valence-corrected chi connectivity index (χ3v) is 7.45. The second kappa shape index (κ2) is 8.17. The molecule has 0 bridgehead atoms. The molecule has 2 aromatic carbocycles. The quantitative estimate of drug-likeness (QED) is 0.475. The predicted octanol–water partition coefficient (Wildman–Crippen LogP) is 6.15. The van der Waals surface area contributed by atoms with E-state index in [1.165, 1.54) is 22.3 Å². The summed E-state index contributed by atoms with van der Waals surface area (Å²) in [4.78, 5) is 18.2. The average molecular weight is 459 g/mol. The van der Waals surface area contributed by atoms with Gasteiger partial charge in [0.25, 0.3) is 0 Å². The molecule has 0 saturated carbocycles. The number of rotatable bonds is 4. The zero-order chi connectivity index (χ0) is 23.3. The summed E-state index contributed by atoms with van der Waals surface area (Å²) < 4.78 is 1.91. The molecule has 0 saturated heterocycles. The molecule has 0 unspecified atom stereocenters. The van der Waals surface area contributed by atoms with E-state index in [0.717, 1.165) is 34.2 Å². The molecule has 0 fully saturated rings. The molecule has 0 amide bonds. The molecule has 5 nitrogen and oxygen atoms in total. The van der Waals surface area contributed by atoms with E-state index in [-0.39, 0.29) is 17.2 Å². The lowest BCUT2D eigenvalue weighted by atomic mass is 9.73. The number of nitrogens with one attached hydrogen (secondary N) is 1. The normalized spacial score (nSPS) is 19.2. The van der Waals surface area contributed by atoms with E-state index in [1.54, 1.807) is 11.8 Å². The van der Waals surface area contributed by atoms with Crippen LogP contribution in [0.1, 0.15) is 60.5 Å². The highest BCUT2D eigenvalue weighted by atomic mass is 32.2. The van der Waals surface area contributed by atoms with E-state index < -0.39 is 0 Å². The van der Waals surface area contributed by atoms with Gasteiger partial charge >= 0.3 is 0 Å². The van der Waals surface area contributed by atoms with Crippen LogP contribution in [0.3, 0.4) is 0 Å². The Bertz CT molecular complexity index is 1270. The van der Waals surface area contributed by atoms with E-state index in [4.69, 9.17) is 10.1 Å². The van der Waals surface area contributed by atoms with Crippen LogP contribution in [0, 0.1) is 26.2 Å². The number of anilines is 1. The summed E-state index contributed by atoms with van der Waals surface area (Å²) >= 11 is 1.64. The number of ketones is 1. The van der Waals surface area contributed by atoms with Gasteiger partial charge in [-0.2, -0.15) is 4.98 Å². The second-order valence-corrected chi connectivity index (χ2v) is 11.1. The van der Waals surface area contributed by atoms with Crippen molar-refractivity contribution in [1.82, 2.24) is 14.8 Å². The van der Waals surface area contributed by atoms with Gasteiger partial charge in [-0.3, -0.25) is 4.79 Å². The maximum atomic E-state index is 13.3. The number of hydrogen-bond acceptors (Lipinski definition) is 5. The average Bonchev–Trinajstić information content (AvgIpc) is 3.15. The van der Waals surface area contributed by atoms with Crippen LogP contribution in [-0.4, -0.2) is 20.5 Å². The molecule has 170 valence electrons. The Hall–Kier alpha value is -2.86. The molecule has 1 aliphatic heterocycles. The molecule has 0 radical (unpaired) electrons. The van der Waals surface area contributed by atoms with E-state index in [0.29, 0.717) is 12.4 Å². The lowest BCUT2D eigenvalue weighted by molar-refractivity contribution is -0.118. The number of carbonyl (C=O) groups excluding carboxylic acids is 1. The third kappa shape index (κ3) is 4.24. The molecular weight excluding hydrogens is 428 g/mol. The minimum absolute atomic E-state index is 0.0663. The first-order chi connectivity index (χ1) is 15.7. The number of carbonyl (C=O) groups is 1. The van der Waals surface area contributed by atoms with Gasteiger partial charge in [-0.15, -0.1) is 5.10 Å². The fraction of sp³-hybridized carbons (Fsp3) is 0.370. The largest absolute Gasteiger partial charge is 0.328 e. The monoisotopic (exact) mass is 458 g/mol. The van der Waals surface area contributed by atoms with Crippen molar-refractivity contribution in [3.8, 4) is 0 Å². The van der Waals surface area contributed by atoms with Crippen molar-refractivity contribution in [1.29, 1.82) is 0 Å². The minimum atomic E-state index is -0.247. The number of aryl methyl sites for hydroxylation is 3. The molecule has 1 N–H and O–H groups in total. The summed E-state index contributed by atoms with van der Waals surface area (Å²) in [6.45, 7) is 10.6. The molecule has 0 spiro atoms. The molecule has 1 aliphatic carbocycles. The maximum absolute atomic E-state index is 13.3. The van der Waals surface area contributed by atoms with Crippen molar-refractivity contribution in [3.63, 3.8) is 0 Å². The predicted molar refractivity (Wildman–Crippen MR) is 133 cm³/mol. The lowest BCUT2D eigenvalue weighted by Crippen LogP contribution is -2.36. The molecule has 1 atom stereocenters. The Kier molecular flexibility index (Phi) is 5.44. The topological polar surface area (TPSA) is 59.8 Å². The van der Waals surface area contributed by atoms with Gasteiger partial charge in [0.2, 0.25) is 11.1 Å². The molecule has 3 aromatic rings. The fourth-order valence-electron chi connectivity index (χ4n) is 4.81. The highest BCUT2D eigenvalue weighted by Crippen LogP contribution is 2.45. The first-order valence-corrected chi connectivity index (χ1v) is 12.4. The smallest absolute Gasteiger partial charge is 0.227 e. The Morgan fingerprint density at radius 1 is 1.06 bits per heavy atom. The first kappa shape index (κ1) is 22.0. The number of hydrogen-bond donors (Lipinski definition) is 1. The standard InChI is InChI=1S/C27H30N4OS/c1-16-7-10-19(11-8-16)24-23-21(13-27(4,5)14-22(23)32)28-25-29-26(30-31(24)25)33-15-20-12-17(2)6-9-18(20)3/h6-12,24H,13-15H2,1-5H3,(H,28,29,30)/t24-/m1/s1. The number of Topliss-reactive ketones (excluding diaryl/α,β-unsaturated/α-hetero) is 1. The molecule has 2 heterocycles. The van der Waals surface area contributed by atoms with Crippen LogP contribution in [0.15, 0.2) is 58.9 Å². The number of benzene rings is 2. The van der Waals surface area contributed by atoms with Crippen LogP contribution in [-0.2, 0) is 10.5 Å². The molecule has 2 aliphatic rings. The Balaban J connectivity index is 1.52. The van der Waals surface area contributed by atoms with Crippen molar-refractivity contribution in [2.24, 2.45) is 5.41 Å². The van der Waals surface area contributed by atoms with Crippen molar-refractivity contribution in [3.05, 3.63) is 81.6 Å². The summed E-state index contributed by atoms with van der Waals surface area (Å²) in [7, 11) is 0. The summed E-state index contributed by atoms with van der Waals surface area (Å²) in [6.07, 6.45) is 1.38. The van der Waals surface area contributed by atoms with Gasteiger partial charge < -0.3 is 5.32 Å². The van der Waals surface area contributed by atoms with Crippen molar-refractivity contribution < 1.29 is 4.79 Å². The Labute approximate surface area is 199 Å². The van der Waals surface area contributed by atoms with Crippen LogP contribution < -0.4 is 5.32 Å². The molecule has 5 rings (SSSR count). The van der Waals surface area contributed by atoms with Gasteiger partial charge in [0.05, 0.1) is 0 Å². The third-order valence-electron chi connectivity index (χ3n) is 6.57. The van der Waals surface area contributed by atoms with Gasteiger partial charge in [0.15, 0.2) is 5.78 Å². The number of fused-ring (bicyclic) bond motifs is 1. The van der Waals surface area contributed by atoms with Gasteiger partial charge in [0.1, 0.15) is 6.04 Å². The fourth-order valence-corrected chi connectivity index (χ4v) is 5.70. The summed E-state index contributed by atoms with van der Waals surface area (Å²) in [6, 6.07) is 14.7. The zero-order valence-corrected chi connectivity index (χ0v) is 20.7. The van der Waals surface area contributed by atoms with Crippen molar-refractivity contribution in [2.75, 3.05) is 5.32 Å². The SMILES string of the molecule is Cc1ccc([C@@H]2C3=C(CC(C)(C)CC3=O)Nc3nc(SCc4cc(C)ccc4C)nn32)cc1. The van der Waals surface area contributed by atoms with Gasteiger partial charge in [-0.05, 0) is 49.3 Å². The lowest BCUT2D eigenvalue weighted by Gasteiger charge is -2.38. The van der Waals surface area contributed by atoms with Crippen LogP contribution >= 0.6 is 11.8 Å². The zero-order valence-electron chi connectivity index (χ0n) is 19.9. The van der Waals surface area contributed by atoms with E-state index in [1.807, 2.05) is 4.68 Å². The number of nitrogens with zero attached hydrogens (tertiary/aromatic N) is 3. The van der Waals surface area contributed by atoms with Gasteiger partial charge in [0, 0.05) is 23.4 Å². The van der Waals surface area contributed by atoms with Crippen LogP contribution in [0.25, 0.3) is 0 Å². The van der Waals surface area contributed by atoms with Crippen LogP contribution in [0.2, 0.25) is 0 Å². The number of thioether (sulfide) groups is 1. The highest BCUT2D eigenvalue weighted by Gasteiger charge is 2.41. The van der Waals surface area contributed by atoms with Gasteiger partial charge in [-0.1, -0.05) is 79.2 Å². The molecule has 33 heavy (non-hydrogen) atoms. The van der Waals surface area contributed by atoms with Crippen molar-refractivity contribution >= 4 is 23.5 Å². The molecule has 1 aromatic heterocycles. The van der Waals surface area contributed by atoms with E-state index in [2.05, 4.69) is 82.4 Å². The summed E-state index contributed by atoms with van der Waals surface area (Å²) in [5.41, 5.74) is 7.86. The van der Waals surface area contributed by atoms with Crippen molar-refractivity contribution in [2.45, 2.75) is 64.4 Å². The van der Waals surface area contributed by atoms with E-state index in [9.17, 15) is 4.79 Å². The summed E-state index contributed by atoms with van der Waals surface area (Å²) in [5, 5.41) is 9.07. The van der Waals surface area contributed by atoms with Crippen LogP contribution in [0.5, 0.6) is 0 Å². The summed E-state index contributed by atoms with van der Waals surface area (Å²) in [5.74, 6) is 1.73. The van der Waals surface area contributed by atoms with Gasteiger partial charge in [-0.25, -0.2) is 4.68 Å². The maximum Gasteiger partial charge on any atom is 0.227 e. The number of aromatic nitrogens is 3. The Morgan fingerprint density at radius 3 is 2.55 bits per heavy atom. The number of allylic oxidation sites excluding steroid dienone is 2.